The van der Waals surface area contributed by atoms with Crippen LogP contribution in [0.2, 0.25) is 1.41 Å². The molecule has 0 saturated carbocycles. The van der Waals surface area contributed by atoms with Crippen molar-refractivity contribution in [2.24, 2.45) is 0 Å². The predicted octanol–water partition coefficient (Wildman–Crippen LogP) is 6.23. The van der Waals surface area contributed by atoms with Crippen molar-refractivity contribution in [3.8, 4) is 0 Å². The maximum Gasteiger partial charge on any atom is 2.00 e. The van der Waals surface area contributed by atoms with Gasteiger partial charge in [0.15, 0.2) is 0 Å². The number of ether oxygens (including phenoxy) is 1. The van der Waals surface area contributed by atoms with E-state index in [1.54, 1.807) is 0 Å². The average Bonchev–Trinajstić information content (AvgIpc) is 2.88. The van der Waals surface area contributed by atoms with Crippen LogP contribution in [0, 0.1) is 6.07 Å². The Kier molecular flexibility index (Phi) is 5.94. The number of rotatable bonds is 2. The Bertz CT molecular complexity index is 645. The second kappa shape index (κ2) is 7.31. The first-order valence-corrected chi connectivity index (χ1v) is 8.81. The third-order valence-electron chi connectivity index (χ3n) is 2.91. The summed E-state index contributed by atoms with van der Waals surface area (Å²) in [5, 5.41) is 1.52. The molecule has 1 unspecified atom stereocenters. The third-order valence-corrected chi connectivity index (χ3v) is 2.91. The molecule has 140 valence electrons. The van der Waals surface area contributed by atoms with Crippen LogP contribution in [-0.4, -0.2) is 6.61 Å². The summed E-state index contributed by atoms with van der Waals surface area (Å²) in [5.41, 5.74) is 2.02. The zero-order valence-corrected chi connectivity index (χ0v) is 15.1. The largest absolute Gasteiger partial charge is 2.00 e. The normalized spacial score (nSPS) is 24.0. The van der Waals surface area contributed by atoms with Crippen molar-refractivity contribution in [1.82, 2.24) is 5.31 Å². The maximum absolute atomic E-state index is 10.7. The summed E-state index contributed by atoms with van der Waals surface area (Å²) in [4.78, 5) is 0. The van der Waals surface area contributed by atoms with Gasteiger partial charge < -0.3 is 4.74 Å². The van der Waals surface area contributed by atoms with E-state index in [9.17, 15) is 25.2 Å². The van der Waals surface area contributed by atoms with Crippen LogP contribution in [0.15, 0.2) is 54.6 Å². The number of benzene rings is 2. The molecular weight excluding hydrogens is 456 g/mol. The number of hydrogen-bond acceptors (Lipinski definition) is 2. The molecule has 0 aliphatic carbocycles. The van der Waals surface area contributed by atoms with Gasteiger partial charge in [0.1, 0.15) is 7.64 Å². The van der Waals surface area contributed by atoms with Gasteiger partial charge in [-0.2, -0.15) is 30.3 Å². The summed E-state index contributed by atoms with van der Waals surface area (Å²) in [7, 11) is -10.7. The Morgan fingerprint density at radius 2 is 1.56 bits per heavy atom. The predicted molar refractivity (Wildman–Crippen MR) is 79.9 cm³/mol. The van der Waals surface area contributed by atoms with E-state index in [-0.39, 0.29) is 31.7 Å². The number of halogens is 6. The summed E-state index contributed by atoms with van der Waals surface area (Å²) in [6.07, 6.45) is -0.323. The van der Waals surface area contributed by atoms with Crippen molar-refractivity contribution in [2.75, 3.05) is 6.61 Å². The monoisotopic (exact) mass is 472 g/mol. The molecule has 1 saturated heterocycles. The molecule has 0 amide bonds. The second-order valence-corrected chi connectivity index (χ2v) is 6.95. The van der Waals surface area contributed by atoms with E-state index in [0.29, 0.717) is 6.61 Å². The van der Waals surface area contributed by atoms with Crippen LogP contribution in [0.25, 0.3) is 0 Å². The molecule has 1 fully saturated rings. The Hall–Kier alpha value is -1.01. The molecule has 25 heavy (non-hydrogen) atoms. The Balaban J connectivity index is 0.000000366. The Labute approximate surface area is 155 Å². The van der Waals surface area contributed by atoms with Crippen molar-refractivity contribution in [2.45, 2.75) is 12.3 Å². The molecule has 10 heteroatoms. The molecule has 0 aromatic heterocycles. The SMILES string of the molecule is F[P-](F)(F)(F)(F)F.[2H]N1C(c2[c-]cccc2)OC[C@H]1c1ccccc1.[Ru+2]. The van der Waals surface area contributed by atoms with E-state index < -0.39 is 7.81 Å². The van der Waals surface area contributed by atoms with E-state index in [0.717, 1.165) is 11.1 Å². The van der Waals surface area contributed by atoms with Crippen LogP contribution >= 0.6 is 7.81 Å². The van der Waals surface area contributed by atoms with E-state index in [1.807, 2.05) is 54.6 Å². The van der Waals surface area contributed by atoms with Gasteiger partial charge in [0.05, 0.1) is 12.6 Å². The van der Waals surface area contributed by atoms with Crippen molar-refractivity contribution in [3.05, 3.63) is 71.8 Å². The van der Waals surface area contributed by atoms with E-state index in [2.05, 4.69) is 6.07 Å². The zero-order valence-electron chi connectivity index (χ0n) is 13.5. The molecule has 0 spiro atoms. The maximum atomic E-state index is 9.87. The van der Waals surface area contributed by atoms with Gasteiger partial charge in [-0.25, -0.2) is 0 Å². The number of nitrogens with one attached hydrogen (secondary N) is 1. The molecule has 1 aliphatic heterocycles. The molecule has 0 radical (unpaired) electrons. The first-order valence-electron chi connectivity index (χ1n) is 7.23. The Morgan fingerprint density at radius 1 is 1.00 bits per heavy atom. The van der Waals surface area contributed by atoms with Crippen molar-refractivity contribution >= 4 is 7.81 Å². The van der Waals surface area contributed by atoms with Crippen LogP contribution in [0.5, 0.6) is 0 Å². The summed E-state index contributed by atoms with van der Waals surface area (Å²) < 4.78 is 73.1. The first-order chi connectivity index (χ1) is 11.3. The van der Waals surface area contributed by atoms with Crippen LogP contribution in [0.1, 0.15) is 23.4 Å². The fourth-order valence-corrected chi connectivity index (χ4v) is 2.02. The quantitative estimate of drug-likeness (QED) is 0.243. The molecule has 2 aromatic carbocycles. The summed E-state index contributed by atoms with van der Waals surface area (Å²) in [6.45, 7) is 0.543. The van der Waals surface area contributed by atoms with Crippen LogP contribution in [-0.2, 0) is 24.2 Å². The minimum atomic E-state index is -10.7. The van der Waals surface area contributed by atoms with Gasteiger partial charge in [0.25, 0.3) is 0 Å². The summed E-state index contributed by atoms with van der Waals surface area (Å²) >= 11 is 0. The number of hydrogen-bond donors (Lipinski definition) is 1. The summed E-state index contributed by atoms with van der Waals surface area (Å²) in [5.74, 6) is 0. The molecule has 1 heterocycles. The Morgan fingerprint density at radius 3 is 2.08 bits per heavy atom. The van der Waals surface area contributed by atoms with E-state index in [4.69, 9.17) is 6.15 Å². The van der Waals surface area contributed by atoms with Gasteiger partial charge in [-0.05, 0) is 5.56 Å². The van der Waals surface area contributed by atoms with Gasteiger partial charge in [0, 0.05) is 0 Å². The first kappa shape index (κ1) is 20.3. The third kappa shape index (κ3) is 9.90. The zero-order chi connectivity index (χ0) is 18.8. The molecule has 2 atom stereocenters. The molecular formula is C15H14F6NOPRu. The van der Waals surface area contributed by atoms with Crippen molar-refractivity contribution in [1.29, 1.82) is 0 Å². The standard InChI is InChI=1S/C15H14NO.F6P.Ru/c1-3-7-12(8-4-1)14-11-17-15(16-14)13-9-5-2-6-10-13;1-7(2,3,4,5)6;/h1-9,14-16H,11H2;;/q2*-1;+2/t14-,15?;;/m0../s1/i/hD. The van der Waals surface area contributed by atoms with Gasteiger partial charge in [-0.3, -0.25) is 5.31 Å². The van der Waals surface area contributed by atoms with Crippen LogP contribution in [0.4, 0.5) is 25.2 Å². The molecule has 2 aromatic rings. The topological polar surface area (TPSA) is 21.3 Å². The van der Waals surface area contributed by atoms with Gasteiger partial charge in [0.2, 0.25) is 0 Å². The smallest absolute Gasteiger partial charge is 0.359 e. The average molecular weight is 471 g/mol. The summed E-state index contributed by atoms with van der Waals surface area (Å²) in [6, 6.07) is 20.8. The van der Waals surface area contributed by atoms with Gasteiger partial charge >= 0.3 is 52.5 Å². The van der Waals surface area contributed by atoms with Crippen LogP contribution < -0.4 is 5.31 Å². The molecule has 0 bridgehead atoms. The van der Waals surface area contributed by atoms with Crippen molar-refractivity contribution in [3.63, 3.8) is 0 Å². The molecule has 3 rings (SSSR count). The van der Waals surface area contributed by atoms with E-state index in [1.165, 1.54) is 5.31 Å². The minimum absolute atomic E-state index is 0. The van der Waals surface area contributed by atoms with Crippen LogP contribution in [0.3, 0.4) is 0 Å². The van der Waals surface area contributed by atoms with Gasteiger partial charge in [-0.1, -0.05) is 30.3 Å². The van der Waals surface area contributed by atoms with E-state index >= 15 is 0 Å². The molecule has 1 aliphatic rings. The molecule has 2 nitrogen and oxygen atoms in total. The minimum Gasteiger partial charge on any atom is -0.359 e. The van der Waals surface area contributed by atoms with Crippen molar-refractivity contribution < 1.29 is 50.8 Å². The fourth-order valence-electron chi connectivity index (χ4n) is 2.02. The fraction of sp³-hybridized carbons (Fsp3) is 0.200. The molecule has 1 N–H and O–H groups in total. The second-order valence-electron chi connectivity index (χ2n) is 5.04. The van der Waals surface area contributed by atoms with Gasteiger partial charge in [-0.15, -0.1) is 5.56 Å².